The van der Waals surface area contributed by atoms with Crippen LogP contribution in [0.15, 0.2) is 35.7 Å². The molecule has 0 aliphatic carbocycles. The predicted molar refractivity (Wildman–Crippen MR) is 108 cm³/mol. The first kappa shape index (κ1) is 20.4. The molecule has 0 unspecified atom stereocenters. The molecule has 2 heterocycles. The van der Waals surface area contributed by atoms with Crippen molar-refractivity contribution < 1.29 is 14.6 Å². The van der Waals surface area contributed by atoms with Gasteiger partial charge in [0.05, 0.1) is 33.3 Å². The van der Waals surface area contributed by atoms with E-state index >= 15 is 0 Å². The number of rotatable bonds is 4. The molecule has 3 rings (SSSR count). The van der Waals surface area contributed by atoms with Crippen LogP contribution in [0.25, 0.3) is 0 Å². The fraction of sp³-hybridized carbons (Fsp3) is 0.167. The SMILES string of the molecule is C=C1NC(=O)N(c2cc(Cl)c(Oc3ncc(O)c(C(C)C)n3)c(Cl)c2)N=C1C#N. The number of hydrogen-bond donors (Lipinski definition) is 2. The van der Waals surface area contributed by atoms with Gasteiger partial charge in [0.1, 0.15) is 6.07 Å². The highest BCUT2D eigenvalue weighted by Gasteiger charge is 2.26. The maximum Gasteiger partial charge on any atom is 0.347 e. The monoisotopic (exact) mass is 432 g/mol. The first-order chi connectivity index (χ1) is 13.7. The third kappa shape index (κ3) is 4.08. The van der Waals surface area contributed by atoms with Crippen LogP contribution in [0.4, 0.5) is 10.5 Å². The summed E-state index contributed by atoms with van der Waals surface area (Å²) in [5.41, 5.74) is 0.647. The number of nitrogens with one attached hydrogen (secondary N) is 1. The van der Waals surface area contributed by atoms with Crippen LogP contribution in [-0.4, -0.2) is 26.8 Å². The van der Waals surface area contributed by atoms with Crippen molar-refractivity contribution in [2.75, 3.05) is 5.01 Å². The summed E-state index contributed by atoms with van der Waals surface area (Å²) < 4.78 is 5.60. The number of nitrogens with zero attached hydrogens (tertiary/aromatic N) is 5. The number of halogens is 2. The molecule has 0 fully saturated rings. The largest absolute Gasteiger partial charge is 0.504 e. The number of amides is 2. The van der Waals surface area contributed by atoms with E-state index in [0.29, 0.717) is 5.69 Å². The molecule has 148 valence electrons. The molecule has 0 bridgehead atoms. The van der Waals surface area contributed by atoms with Crippen molar-refractivity contribution in [3.8, 4) is 23.6 Å². The number of hydrogen-bond acceptors (Lipinski definition) is 7. The molecule has 11 heteroatoms. The first-order valence-corrected chi connectivity index (χ1v) is 8.98. The molecular weight excluding hydrogens is 419 g/mol. The molecule has 2 amide bonds. The zero-order chi connectivity index (χ0) is 21.3. The Morgan fingerprint density at radius 3 is 2.59 bits per heavy atom. The van der Waals surface area contributed by atoms with Crippen LogP contribution >= 0.6 is 23.2 Å². The molecule has 1 aromatic heterocycles. The van der Waals surface area contributed by atoms with Gasteiger partial charge in [-0.25, -0.2) is 4.79 Å². The fourth-order valence-electron chi connectivity index (χ4n) is 2.42. The highest BCUT2D eigenvalue weighted by molar-refractivity contribution is 6.37. The summed E-state index contributed by atoms with van der Waals surface area (Å²) in [5, 5.41) is 26.3. The summed E-state index contributed by atoms with van der Waals surface area (Å²) in [4.78, 5) is 20.2. The Bertz CT molecular complexity index is 1070. The van der Waals surface area contributed by atoms with Crippen molar-refractivity contribution in [2.45, 2.75) is 19.8 Å². The van der Waals surface area contributed by atoms with Crippen LogP contribution in [0.2, 0.25) is 10.0 Å². The van der Waals surface area contributed by atoms with Crippen molar-refractivity contribution in [1.82, 2.24) is 15.3 Å². The number of ether oxygens (including phenoxy) is 1. The minimum Gasteiger partial charge on any atom is -0.504 e. The Hall–Kier alpha value is -3.35. The van der Waals surface area contributed by atoms with Crippen LogP contribution in [0.1, 0.15) is 25.5 Å². The van der Waals surface area contributed by atoms with Crippen LogP contribution in [-0.2, 0) is 0 Å². The maximum atomic E-state index is 12.2. The van der Waals surface area contributed by atoms with E-state index < -0.39 is 6.03 Å². The Balaban J connectivity index is 1.96. The Morgan fingerprint density at radius 1 is 1.34 bits per heavy atom. The molecule has 0 spiro atoms. The summed E-state index contributed by atoms with van der Waals surface area (Å²) in [6.07, 6.45) is 1.22. The van der Waals surface area contributed by atoms with Crippen molar-refractivity contribution >= 4 is 40.6 Å². The Kier molecular flexibility index (Phi) is 5.59. The smallest absolute Gasteiger partial charge is 0.347 e. The number of benzene rings is 1. The molecule has 2 N–H and O–H groups in total. The lowest BCUT2D eigenvalue weighted by Crippen LogP contribution is -2.42. The second-order valence-electron chi connectivity index (χ2n) is 6.20. The fourth-order valence-corrected chi connectivity index (χ4v) is 2.97. The standard InChI is InChI=1S/C18H14Cl2N6O3/c1-8(2)15-14(27)7-22-17(24-15)29-16-11(19)4-10(5-12(16)20)26-18(28)23-9(3)13(6-21)25-26/h4-5,7-8,27H,3H2,1-2H3,(H,23,28). The molecule has 0 radical (unpaired) electrons. The van der Waals surface area contributed by atoms with Gasteiger partial charge in [-0.2, -0.15) is 25.3 Å². The van der Waals surface area contributed by atoms with Gasteiger partial charge in [0.15, 0.2) is 17.2 Å². The zero-order valence-electron chi connectivity index (χ0n) is 15.3. The van der Waals surface area contributed by atoms with Gasteiger partial charge in [0.25, 0.3) is 0 Å². The predicted octanol–water partition coefficient (Wildman–Crippen LogP) is 4.33. The topological polar surface area (TPSA) is 124 Å². The number of urea groups is 1. The number of carbonyl (C=O) groups is 1. The van der Waals surface area contributed by atoms with E-state index in [4.69, 9.17) is 33.2 Å². The van der Waals surface area contributed by atoms with Crippen molar-refractivity contribution in [3.05, 3.63) is 46.3 Å². The van der Waals surface area contributed by atoms with E-state index in [2.05, 4.69) is 27.0 Å². The summed E-state index contributed by atoms with van der Waals surface area (Å²) in [5.74, 6) is -0.0548. The average Bonchev–Trinajstić information content (AvgIpc) is 2.65. The number of allylic oxidation sites excluding steroid dienone is 1. The average molecular weight is 433 g/mol. The minimum absolute atomic E-state index is 0.0521. The molecule has 9 nitrogen and oxygen atoms in total. The van der Waals surface area contributed by atoms with E-state index in [0.717, 1.165) is 5.01 Å². The van der Waals surface area contributed by atoms with Crippen LogP contribution < -0.4 is 15.1 Å². The highest BCUT2D eigenvalue weighted by Crippen LogP contribution is 2.40. The van der Waals surface area contributed by atoms with E-state index in [1.165, 1.54) is 18.3 Å². The van der Waals surface area contributed by atoms with Gasteiger partial charge in [-0.15, -0.1) is 0 Å². The normalized spacial score (nSPS) is 13.8. The zero-order valence-corrected chi connectivity index (χ0v) is 16.8. The maximum absolute atomic E-state index is 12.2. The number of anilines is 1. The van der Waals surface area contributed by atoms with Gasteiger partial charge in [-0.3, -0.25) is 0 Å². The minimum atomic E-state index is -0.627. The van der Waals surface area contributed by atoms with Gasteiger partial charge in [0, 0.05) is 0 Å². The lowest BCUT2D eigenvalue weighted by molar-refractivity contribution is 0.248. The Morgan fingerprint density at radius 2 is 2.00 bits per heavy atom. The molecule has 29 heavy (non-hydrogen) atoms. The molecule has 0 atom stereocenters. The van der Waals surface area contributed by atoms with Crippen LogP contribution in [0, 0.1) is 11.3 Å². The van der Waals surface area contributed by atoms with Crippen molar-refractivity contribution in [3.63, 3.8) is 0 Å². The second-order valence-corrected chi connectivity index (χ2v) is 7.01. The molecule has 2 aromatic rings. The number of carbonyl (C=O) groups excluding carboxylic acids is 1. The summed E-state index contributed by atoms with van der Waals surface area (Å²) in [7, 11) is 0. The number of hydrazone groups is 1. The molecular formula is C18H14Cl2N6O3. The van der Waals surface area contributed by atoms with Gasteiger partial charge in [-0.05, 0) is 18.1 Å². The van der Waals surface area contributed by atoms with E-state index in [9.17, 15) is 9.90 Å². The van der Waals surface area contributed by atoms with E-state index in [-0.39, 0.29) is 50.6 Å². The van der Waals surface area contributed by atoms with Crippen LogP contribution in [0.3, 0.4) is 0 Å². The van der Waals surface area contributed by atoms with E-state index in [1.807, 2.05) is 19.9 Å². The summed E-state index contributed by atoms with van der Waals surface area (Å²) in [6, 6.07) is 3.93. The van der Waals surface area contributed by atoms with Gasteiger partial charge >= 0.3 is 12.0 Å². The number of nitriles is 1. The molecule has 0 saturated carbocycles. The third-order valence-corrected chi connectivity index (χ3v) is 4.35. The number of aromatic hydroxyl groups is 1. The van der Waals surface area contributed by atoms with Gasteiger partial charge in [0.2, 0.25) is 0 Å². The lowest BCUT2D eigenvalue weighted by atomic mass is 10.1. The Labute approximate surface area is 175 Å². The van der Waals surface area contributed by atoms with Crippen molar-refractivity contribution in [2.24, 2.45) is 5.10 Å². The second kappa shape index (κ2) is 7.95. The summed E-state index contributed by atoms with van der Waals surface area (Å²) >= 11 is 12.6. The summed E-state index contributed by atoms with van der Waals surface area (Å²) in [6.45, 7) is 7.26. The van der Waals surface area contributed by atoms with Gasteiger partial charge < -0.3 is 15.2 Å². The quantitative estimate of drug-likeness (QED) is 0.740. The molecule has 1 aliphatic heterocycles. The molecule has 1 aliphatic rings. The lowest BCUT2D eigenvalue weighted by Gasteiger charge is -2.24. The molecule has 0 saturated heterocycles. The van der Waals surface area contributed by atoms with Crippen LogP contribution in [0.5, 0.6) is 17.5 Å². The van der Waals surface area contributed by atoms with E-state index in [1.54, 1.807) is 0 Å². The molecule has 1 aromatic carbocycles. The van der Waals surface area contributed by atoms with Crippen molar-refractivity contribution in [1.29, 1.82) is 5.26 Å². The van der Waals surface area contributed by atoms with Gasteiger partial charge in [-0.1, -0.05) is 43.6 Å². The highest BCUT2D eigenvalue weighted by atomic mass is 35.5. The first-order valence-electron chi connectivity index (χ1n) is 8.23. The third-order valence-electron chi connectivity index (χ3n) is 3.79. The number of aromatic nitrogens is 2.